The molecule has 4 atom stereocenters. The molecule has 2 aliphatic rings. The lowest BCUT2D eigenvalue weighted by Crippen LogP contribution is -2.46. The van der Waals surface area contributed by atoms with Gasteiger partial charge < -0.3 is 18.9 Å². The van der Waals surface area contributed by atoms with Gasteiger partial charge in [0, 0.05) is 25.7 Å². The molecule has 4 nitrogen and oxygen atoms in total. The van der Waals surface area contributed by atoms with Gasteiger partial charge in [0.05, 0.1) is 12.2 Å². The first-order valence-electron chi connectivity index (χ1n) is 8.22. The Labute approximate surface area is 123 Å². The van der Waals surface area contributed by atoms with Crippen LogP contribution in [0.15, 0.2) is 0 Å². The molecular formula is C16H30O4. The monoisotopic (exact) mass is 286 g/mol. The van der Waals surface area contributed by atoms with Crippen molar-refractivity contribution in [2.45, 2.75) is 71.6 Å². The zero-order valence-corrected chi connectivity index (χ0v) is 13.4. The Hall–Kier alpha value is -0.160. The first-order valence-corrected chi connectivity index (χ1v) is 8.22. The van der Waals surface area contributed by atoms with E-state index >= 15 is 0 Å². The Bertz CT molecular complexity index is 277. The molecule has 20 heavy (non-hydrogen) atoms. The van der Waals surface area contributed by atoms with E-state index in [1.165, 1.54) is 19.3 Å². The number of rotatable bonds is 9. The van der Waals surface area contributed by atoms with Gasteiger partial charge in [-0.1, -0.05) is 6.92 Å². The summed E-state index contributed by atoms with van der Waals surface area (Å²) >= 11 is 0. The molecule has 1 aliphatic heterocycles. The lowest BCUT2D eigenvalue weighted by Gasteiger charge is -2.39. The van der Waals surface area contributed by atoms with Gasteiger partial charge in [0.1, 0.15) is 0 Å². The molecule has 0 bridgehead atoms. The third-order valence-electron chi connectivity index (χ3n) is 4.44. The average Bonchev–Trinajstić information content (AvgIpc) is 3.18. The second-order valence-corrected chi connectivity index (χ2v) is 5.93. The zero-order chi connectivity index (χ0) is 14.6. The van der Waals surface area contributed by atoms with Crippen LogP contribution in [0, 0.1) is 11.8 Å². The van der Waals surface area contributed by atoms with Gasteiger partial charge in [-0.15, -0.1) is 0 Å². The Kier molecular flexibility index (Phi) is 5.84. The van der Waals surface area contributed by atoms with E-state index in [1.54, 1.807) is 0 Å². The van der Waals surface area contributed by atoms with Crippen molar-refractivity contribution < 1.29 is 18.9 Å². The highest BCUT2D eigenvalue weighted by atomic mass is 16.9. The van der Waals surface area contributed by atoms with E-state index in [1.807, 2.05) is 20.8 Å². The normalized spacial score (nSPS) is 30.9. The molecule has 1 saturated carbocycles. The van der Waals surface area contributed by atoms with E-state index in [0.717, 1.165) is 6.42 Å². The van der Waals surface area contributed by atoms with Gasteiger partial charge in [-0.3, -0.25) is 0 Å². The van der Waals surface area contributed by atoms with Crippen LogP contribution < -0.4 is 0 Å². The molecule has 0 amide bonds. The van der Waals surface area contributed by atoms with Crippen LogP contribution >= 0.6 is 0 Å². The molecule has 0 N–H and O–H groups in total. The molecule has 4 heteroatoms. The Balaban J connectivity index is 1.94. The summed E-state index contributed by atoms with van der Waals surface area (Å²) in [5.41, 5.74) is 0. The maximum Gasteiger partial charge on any atom is 0.285 e. The quantitative estimate of drug-likeness (QED) is 0.481. The van der Waals surface area contributed by atoms with Gasteiger partial charge >= 0.3 is 0 Å². The number of fused-ring (bicyclic) bond motifs is 1. The van der Waals surface area contributed by atoms with Gasteiger partial charge in [-0.05, 0) is 52.4 Å². The highest BCUT2D eigenvalue weighted by Gasteiger charge is 2.46. The van der Waals surface area contributed by atoms with Crippen molar-refractivity contribution in [3.05, 3.63) is 0 Å². The molecule has 0 radical (unpaired) electrons. The fraction of sp³-hybridized carbons (Fsp3) is 1.00. The summed E-state index contributed by atoms with van der Waals surface area (Å²) in [4.78, 5) is 0. The zero-order valence-electron chi connectivity index (χ0n) is 13.4. The lowest BCUT2D eigenvalue weighted by molar-refractivity contribution is -0.401. The van der Waals surface area contributed by atoms with Crippen LogP contribution in [0.3, 0.4) is 0 Å². The molecule has 118 valence electrons. The van der Waals surface area contributed by atoms with Crippen LogP contribution in [0.1, 0.15) is 53.4 Å². The van der Waals surface area contributed by atoms with Crippen molar-refractivity contribution in [3.8, 4) is 0 Å². The Morgan fingerprint density at radius 3 is 2.10 bits per heavy atom. The van der Waals surface area contributed by atoms with Crippen molar-refractivity contribution in [2.24, 2.45) is 11.8 Å². The second-order valence-electron chi connectivity index (χ2n) is 5.93. The van der Waals surface area contributed by atoms with Crippen molar-refractivity contribution >= 4 is 0 Å². The summed E-state index contributed by atoms with van der Waals surface area (Å²) < 4.78 is 23.2. The van der Waals surface area contributed by atoms with Crippen molar-refractivity contribution in [3.63, 3.8) is 0 Å². The van der Waals surface area contributed by atoms with Gasteiger partial charge in [-0.2, -0.15) is 0 Å². The molecule has 0 aromatic rings. The van der Waals surface area contributed by atoms with E-state index in [4.69, 9.17) is 18.9 Å². The Morgan fingerprint density at radius 2 is 1.60 bits per heavy atom. The first kappa shape index (κ1) is 16.2. The molecule has 4 unspecified atom stereocenters. The second kappa shape index (κ2) is 7.21. The van der Waals surface area contributed by atoms with Crippen LogP contribution in [0.25, 0.3) is 0 Å². The molecular weight excluding hydrogens is 256 g/mol. The van der Waals surface area contributed by atoms with Gasteiger partial charge in [0.25, 0.3) is 5.97 Å². The highest BCUT2D eigenvalue weighted by Crippen LogP contribution is 2.43. The predicted octanol–water partition coefficient (Wildman–Crippen LogP) is 3.34. The Morgan fingerprint density at radius 1 is 1.00 bits per heavy atom. The average molecular weight is 286 g/mol. The van der Waals surface area contributed by atoms with Crippen LogP contribution in [-0.4, -0.2) is 38.0 Å². The minimum absolute atomic E-state index is 0.225. The topological polar surface area (TPSA) is 40.2 Å². The van der Waals surface area contributed by atoms with Gasteiger partial charge in [0.2, 0.25) is 0 Å². The number of ether oxygens (including phenoxy) is 4. The van der Waals surface area contributed by atoms with Crippen LogP contribution in [0.5, 0.6) is 0 Å². The molecule has 1 saturated heterocycles. The molecule has 0 spiro atoms. The maximum absolute atomic E-state index is 5.88. The molecule has 1 aliphatic carbocycles. The smallest absolute Gasteiger partial charge is 0.285 e. The van der Waals surface area contributed by atoms with E-state index in [2.05, 4.69) is 6.92 Å². The third-order valence-corrected chi connectivity index (χ3v) is 4.44. The van der Waals surface area contributed by atoms with Crippen LogP contribution in [-0.2, 0) is 18.9 Å². The van der Waals surface area contributed by atoms with Crippen molar-refractivity contribution in [2.75, 3.05) is 19.8 Å². The summed E-state index contributed by atoms with van der Waals surface area (Å²) in [7, 11) is 0. The number of epoxide rings is 1. The molecule has 2 rings (SSSR count). The molecule has 0 aromatic heterocycles. The fourth-order valence-electron chi connectivity index (χ4n) is 3.50. The highest BCUT2D eigenvalue weighted by molar-refractivity contribution is 4.92. The van der Waals surface area contributed by atoms with Crippen LogP contribution in [0.4, 0.5) is 0 Å². The summed E-state index contributed by atoms with van der Waals surface area (Å²) in [6, 6.07) is 0. The maximum atomic E-state index is 5.88. The SMILES string of the molecule is CCOC(OCC)(OCC)C(C)CC1CCC2OC2C1. The molecule has 0 aromatic carbocycles. The van der Waals surface area contributed by atoms with Crippen molar-refractivity contribution in [1.29, 1.82) is 0 Å². The fourth-order valence-corrected chi connectivity index (χ4v) is 3.50. The lowest BCUT2D eigenvalue weighted by atomic mass is 9.82. The van der Waals surface area contributed by atoms with Crippen molar-refractivity contribution in [1.82, 2.24) is 0 Å². The van der Waals surface area contributed by atoms with E-state index in [0.29, 0.717) is 37.9 Å². The summed E-state index contributed by atoms with van der Waals surface area (Å²) in [6.45, 7) is 9.95. The first-order chi connectivity index (χ1) is 9.65. The van der Waals surface area contributed by atoms with E-state index in [9.17, 15) is 0 Å². The standard InChI is InChI=1S/C16H30O4/c1-5-17-16(18-6-2,19-7-3)12(4)10-13-8-9-14-15(11-13)20-14/h12-15H,5-11H2,1-4H3. The minimum Gasteiger partial charge on any atom is -0.370 e. The number of hydrogen-bond acceptors (Lipinski definition) is 4. The minimum atomic E-state index is -0.875. The summed E-state index contributed by atoms with van der Waals surface area (Å²) in [6.07, 6.45) is 5.83. The van der Waals surface area contributed by atoms with E-state index in [-0.39, 0.29) is 5.92 Å². The van der Waals surface area contributed by atoms with E-state index < -0.39 is 5.97 Å². The van der Waals surface area contributed by atoms with Gasteiger partial charge in [0.15, 0.2) is 0 Å². The summed E-state index contributed by atoms with van der Waals surface area (Å²) in [5.74, 6) is 0.0524. The van der Waals surface area contributed by atoms with Crippen LogP contribution in [0.2, 0.25) is 0 Å². The largest absolute Gasteiger partial charge is 0.370 e. The molecule has 1 heterocycles. The molecule has 2 fully saturated rings. The summed E-state index contributed by atoms with van der Waals surface area (Å²) in [5, 5.41) is 0. The third kappa shape index (κ3) is 3.73. The number of hydrogen-bond donors (Lipinski definition) is 0. The predicted molar refractivity (Wildman–Crippen MR) is 77.4 cm³/mol. The van der Waals surface area contributed by atoms with Gasteiger partial charge in [-0.25, -0.2) is 0 Å².